The Morgan fingerprint density at radius 3 is 2.57 bits per heavy atom. The number of H-pyrrole nitrogens is 1. The first-order valence-electron chi connectivity index (χ1n) is 12.0. The summed E-state index contributed by atoms with van der Waals surface area (Å²) in [7, 11) is -1.75. The van der Waals surface area contributed by atoms with Gasteiger partial charge in [-0.1, -0.05) is 13.3 Å². The van der Waals surface area contributed by atoms with Gasteiger partial charge in [-0.15, -0.1) is 0 Å². The summed E-state index contributed by atoms with van der Waals surface area (Å²) in [6.07, 6.45) is 1.49. The van der Waals surface area contributed by atoms with Crippen molar-refractivity contribution in [2.24, 2.45) is 5.73 Å². The Balaban J connectivity index is 1.86. The standard InChI is InChI=1S/C23H33N7O4S/c1-4-6-18-20-21(30(27-18)10-9-24)23(31)26-22(25-20)17-15-16(7-8-19(17)34-5-2)35(32,33)29-13-11-28(3)12-14-29/h7-8,15H,4-6,9-14,24H2,1-3H3,(H,25,26,31). The summed E-state index contributed by atoms with van der Waals surface area (Å²) in [4.78, 5) is 22.9. The van der Waals surface area contributed by atoms with Gasteiger partial charge in [0.15, 0.2) is 5.52 Å². The van der Waals surface area contributed by atoms with Gasteiger partial charge in [0.2, 0.25) is 10.0 Å². The van der Waals surface area contributed by atoms with E-state index in [-0.39, 0.29) is 16.3 Å². The van der Waals surface area contributed by atoms with Gasteiger partial charge in [0.25, 0.3) is 5.56 Å². The van der Waals surface area contributed by atoms with Gasteiger partial charge in [-0.3, -0.25) is 9.48 Å². The van der Waals surface area contributed by atoms with Crippen molar-refractivity contribution in [3.8, 4) is 17.1 Å². The zero-order valence-corrected chi connectivity index (χ0v) is 21.3. The van der Waals surface area contributed by atoms with Crippen molar-refractivity contribution < 1.29 is 13.2 Å². The minimum absolute atomic E-state index is 0.135. The maximum Gasteiger partial charge on any atom is 0.277 e. The normalized spacial score (nSPS) is 15.7. The van der Waals surface area contributed by atoms with Crippen LogP contribution in [-0.2, 0) is 23.0 Å². The van der Waals surface area contributed by atoms with Crippen molar-refractivity contribution in [2.45, 2.75) is 38.1 Å². The number of fused-ring (bicyclic) bond motifs is 1. The molecule has 0 aliphatic carbocycles. The second-order valence-electron chi connectivity index (χ2n) is 8.62. The molecule has 0 spiro atoms. The molecule has 0 amide bonds. The summed E-state index contributed by atoms with van der Waals surface area (Å²) in [6, 6.07) is 4.70. The molecule has 0 unspecified atom stereocenters. The number of nitrogens with one attached hydrogen (secondary N) is 1. The van der Waals surface area contributed by atoms with Gasteiger partial charge < -0.3 is 20.4 Å². The lowest BCUT2D eigenvalue weighted by molar-refractivity contribution is 0.222. The number of aromatic amines is 1. The van der Waals surface area contributed by atoms with E-state index in [4.69, 9.17) is 15.5 Å². The van der Waals surface area contributed by atoms with Crippen LogP contribution in [0.5, 0.6) is 5.75 Å². The number of aromatic nitrogens is 4. The molecule has 35 heavy (non-hydrogen) atoms. The zero-order valence-electron chi connectivity index (χ0n) is 20.5. The van der Waals surface area contributed by atoms with Gasteiger partial charge in [-0.2, -0.15) is 9.40 Å². The number of benzene rings is 1. The number of hydrogen-bond donors (Lipinski definition) is 2. The first-order valence-corrected chi connectivity index (χ1v) is 13.4. The third-order valence-corrected chi connectivity index (χ3v) is 8.00. The number of sulfonamides is 1. The molecule has 3 aromatic rings. The lowest BCUT2D eigenvalue weighted by atomic mass is 10.1. The highest BCUT2D eigenvalue weighted by Crippen LogP contribution is 2.32. The number of piperazine rings is 1. The van der Waals surface area contributed by atoms with E-state index in [2.05, 4.69) is 15.0 Å². The van der Waals surface area contributed by atoms with Gasteiger partial charge in [-0.05, 0) is 38.6 Å². The summed E-state index contributed by atoms with van der Waals surface area (Å²) in [6.45, 7) is 7.16. The Morgan fingerprint density at radius 1 is 1.17 bits per heavy atom. The largest absolute Gasteiger partial charge is 0.493 e. The quantitative estimate of drug-likeness (QED) is 0.441. The highest BCUT2D eigenvalue weighted by Gasteiger charge is 2.29. The average Bonchev–Trinajstić information content (AvgIpc) is 3.18. The van der Waals surface area contributed by atoms with Crippen molar-refractivity contribution >= 4 is 21.1 Å². The lowest BCUT2D eigenvalue weighted by Crippen LogP contribution is -2.47. The van der Waals surface area contributed by atoms with Crippen molar-refractivity contribution in [3.05, 3.63) is 34.2 Å². The first kappa shape index (κ1) is 25.3. The van der Waals surface area contributed by atoms with E-state index in [1.807, 2.05) is 20.9 Å². The van der Waals surface area contributed by atoms with Gasteiger partial charge >= 0.3 is 0 Å². The molecule has 1 fully saturated rings. The molecule has 1 aliphatic rings. The molecule has 1 saturated heterocycles. The molecule has 0 bridgehead atoms. The van der Waals surface area contributed by atoms with E-state index >= 15 is 0 Å². The fourth-order valence-electron chi connectivity index (χ4n) is 4.28. The molecule has 0 saturated carbocycles. The first-order chi connectivity index (χ1) is 16.8. The predicted molar refractivity (Wildman–Crippen MR) is 134 cm³/mol. The summed E-state index contributed by atoms with van der Waals surface area (Å²) in [5.41, 5.74) is 7.33. The van der Waals surface area contributed by atoms with E-state index in [9.17, 15) is 13.2 Å². The van der Waals surface area contributed by atoms with E-state index in [1.54, 1.807) is 16.8 Å². The van der Waals surface area contributed by atoms with E-state index in [1.165, 1.54) is 10.4 Å². The molecule has 2 aromatic heterocycles. The van der Waals surface area contributed by atoms with Crippen LogP contribution < -0.4 is 16.0 Å². The number of aryl methyl sites for hydroxylation is 1. The molecule has 190 valence electrons. The highest BCUT2D eigenvalue weighted by atomic mass is 32.2. The summed E-state index contributed by atoms with van der Waals surface area (Å²) < 4.78 is 35.6. The lowest BCUT2D eigenvalue weighted by Gasteiger charge is -2.31. The predicted octanol–water partition coefficient (Wildman–Crippen LogP) is 1.03. The topological polar surface area (TPSA) is 139 Å². The maximum atomic E-state index is 13.4. The smallest absolute Gasteiger partial charge is 0.277 e. The van der Waals surface area contributed by atoms with Crippen LogP contribution in [-0.4, -0.2) is 83.7 Å². The van der Waals surface area contributed by atoms with Crippen LogP contribution in [0.3, 0.4) is 0 Å². The van der Waals surface area contributed by atoms with Crippen LogP contribution in [0.4, 0.5) is 0 Å². The molecule has 0 atom stereocenters. The van der Waals surface area contributed by atoms with Gasteiger partial charge in [-0.25, -0.2) is 13.4 Å². The van der Waals surface area contributed by atoms with E-state index in [0.29, 0.717) is 80.3 Å². The molecule has 3 N–H and O–H groups in total. The molecule has 12 heteroatoms. The van der Waals surface area contributed by atoms with Crippen LogP contribution >= 0.6 is 0 Å². The second kappa shape index (κ2) is 10.4. The fourth-order valence-corrected chi connectivity index (χ4v) is 5.73. The number of hydrogen-bond acceptors (Lipinski definition) is 8. The molecular formula is C23H33N7O4S. The van der Waals surface area contributed by atoms with E-state index < -0.39 is 10.0 Å². The Kier molecular flexibility index (Phi) is 7.55. The van der Waals surface area contributed by atoms with Gasteiger partial charge in [0.05, 0.1) is 29.3 Å². The van der Waals surface area contributed by atoms with Gasteiger partial charge in [0.1, 0.15) is 17.1 Å². The van der Waals surface area contributed by atoms with Crippen LogP contribution in [0.15, 0.2) is 27.9 Å². The molecule has 1 aliphatic heterocycles. The monoisotopic (exact) mass is 503 g/mol. The zero-order chi connectivity index (χ0) is 25.2. The van der Waals surface area contributed by atoms with Crippen molar-refractivity contribution in [1.82, 2.24) is 29.0 Å². The Bertz CT molecular complexity index is 1360. The van der Waals surface area contributed by atoms with Crippen molar-refractivity contribution in [3.63, 3.8) is 0 Å². The third-order valence-electron chi connectivity index (χ3n) is 6.10. The molecular weight excluding hydrogens is 470 g/mol. The van der Waals surface area contributed by atoms with Crippen LogP contribution in [0.1, 0.15) is 26.0 Å². The molecule has 4 rings (SSSR count). The molecule has 11 nitrogen and oxygen atoms in total. The number of likely N-dealkylation sites (N-methyl/N-ethyl adjacent to an activating group) is 1. The number of nitrogens with two attached hydrogens (primary N) is 1. The molecule has 3 heterocycles. The van der Waals surface area contributed by atoms with E-state index in [0.717, 1.165) is 6.42 Å². The van der Waals surface area contributed by atoms with Crippen LogP contribution in [0.25, 0.3) is 22.4 Å². The average molecular weight is 504 g/mol. The molecule has 0 radical (unpaired) electrons. The maximum absolute atomic E-state index is 13.4. The molecule has 1 aromatic carbocycles. The Morgan fingerprint density at radius 2 is 1.91 bits per heavy atom. The number of nitrogens with zero attached hydrogens (tertiary/aromatic N) is 5. The van der Waals surface area contributed by atoms with Crippen molar-refractivity contribution in [2.75, 3.05) is 46.4 Å². The summed E-state index contributed by atoms with van der Waals surface area (Å²) in [5, 5.41) is 4.56. The van der Waals surface area contributed by atoms with Crippen LogP contribution in [0, 0.1) is 0 Å². The fraction of sp³-hybridized carbons (Fsp3) is 0.522. The minimum Gasteiger partial charge on any atom is -0.493 e. The second-order valence-corrected chi connectivity index (χ2v) is 10.6. The Labute approximate surface area is 204 Å². The summed E-state index contributed by atoms with van der Waals surface area (Å²) in [5.74, 6) is 0.685. The summed E-state index contributed by atoms with van der Waals surface area (Å²) >= 11 is 0. The number of ether oxygens (including phenoxy) is 1. The number of rotatable bonds is 9. The third kappa shape index (κ3) is 4.96. The highest BCUT2D eigenvalue weighted by molar-refractivity contribution is 7.89. The van der Waals surface area contributed by atoms with Crippen LogP contribution in [0.2, 0.25) is 0 Å². The SMILES string of the molecule is CCCc1nn(CCN)c2c(=O)[nH]c(-c3cc(S(=O)(=O)N4CCN(C)CC4)ccc3OCC)nc12. The minimum atomic E-state index is -3.72. The van der Waals surface area contributed by atoms with Crippen molar-refractivity contribution in [1.29, 1.82) is 0 Å². The van der Waals surface area contributed by atoms with Gasteiger partial charge in [0, 0.05) is 32.7 Å². The Hall–Kier alpha value is -2.80.